The van der Waals surface area contributed by atoms with Crippen molar-refractivity contribution in [3.63, 3.8) is 0 Å². The molecule has 6 heteroatoms. The van der Waals surface area contributed by atoms with E-state index in [2.05, 4.69) is 20.5 Å². The lowest BCUT2D eigenvalue weighted by Gasteiger charge is -2.04. The summed E-state index contributed by atoms with van der Waals surface area (Å²) < 4.78 is 0. The molecule has 0 unspecified atom stereocenters. The lowest BCUT2D eigenvalue weighted by molar-refractivity contribution is 0.0941. The molecule has 2 rings (SSSR count). The molecule has 0 saturated carbocycles. The van der Waals surface area contributed by atoms with E-state index in [1.807, 2.05) is 31.2 Å². The molecule has 1 aromatic carbocycles. The first-order chi connectivity index (χ1) is 9.72. The van der Waals surface area contributed by atoms with Gasteiger partial charge in [-0.1, -0.05) is 31.2 Å². The molecule has 106 valence electrons. The topological polar surface area (TPSA) is 96.7 Å². The second-order valence-electron chi connectivity index (χ2n) is 4.50. The smallest absolute Gasteiger partial charge is 0.291 e. The number of rotatable bonds is 6. The fraction of sp³-hybridized carbons (Fsp3) is 0.357. The van der Waals surface area contributed by atoms with E-state index in [9.17, 15) is 4.79 Å². The summed E-state index contributed by atoms with van der Waals surface area (Å²) in [4.78, 5) is 15.9. The van der Waals surface area contributed by atoms with Crippen LogP contribution in [-0.2, 0) is 19.4 Å². The molecule has 1 aromatic heterocycles. The fourth-order valence-electron chi connectivity index (χ4n) is 1.81. The van der Waals surface area contributed by atoms with Crippen molar-refractivity contribution in [3.05, 3.63) is 47.0 Å². The van der Waals surface area contributed by atoms with Gasteiger partial charge in [-0.3, -0.25) is 9.89 Å². The van der Waals surface area contributed by atoms with E-state index in [0.29, 0.717) is 18.9 Å². The van der Waals surface area contributed by atoms with Crippen molar-refractivity contribution in [1.82, 2.24) is 20.5 Å². The third-order valence-corrected chi connectivity index (χ3v) is 2.98. The first-order valence-electron chi connectivity index (χ1n) is 6.70. The van der Waals surface area contributed by atoms with Crippen LogP contribution in [-0.4, -0.2) is 27.6 Å². The van der Waals surface area contributed by atoms with Gasteiger partial charge in [0, 0.05) is 13.0 Å². The fourth-order valence-corrected chi connectivity index (χ4v) is 1.81. The number of nitrogens with two attached hydrogens (primary N) is 1. The lowest BCUT2D eigenvalue weighted by atomic mass is 10.1. The van der Waals surface area contributed by atoms with E-state index in [-0.39, 0.29) is 11.7 Å². The summed E-state index contributed by atoms with van der Waals surface area (Å²) in [6.45, 7) is 3.05. The molecule has 0 aliphatic heterocycles. The number of aromatic amines is 1. The summed E-state index contributed by atoms with van der Waals surface area (Å²) in [6.07, 6.45) is 1.59. The van der Waals surface area contributed by atoms with Crippen LogP contribution in [0, 0.1) is 0 Å². The standard InChI is InChI=1S/C14H19N5O/c1-2-12-17-13(19-18-12)14(20)16-9-11-5-3-10(4-6-11)7-8-15/h3-6H,2,7-9,15H2,1H3,(H,16,20)(H,17,18,19). The molecule has 0 spiro atoms. The highest BCUT2D eigenvalue weighted by molar-refractivity contribution is 5.90. The summed E-state index contributed by atoms with van der Waals surface area (Å²) in [7, 11) is 0. The Bertz CT molecular complexity index is 561. The average Bonchev–Trinajstić information content (AvgIpc) is 2.95. The maximum atomic E-state index is 11.8. The average molecular weight is 273 g/mol. The highest BCUT2D eigenvalue weighted by Gasteiger charge is 2.11. The van der Waals surface area contributed by atoms with Crippen LogP contribution in [0.15, 0.2) is 24.3 Å². The van der Waals surface area contributed by atoms with Crippen molar-refractivity contribution in [2.45, 2.75) is 26.3 Å². The highest BCUT2D eigenvalue weighted by atomic mass is 16.2. The molecular weight excluding hydrogens is 254 g/mol. The first-order valence-corrected chi connectivity index (χ1v) is 6.70. The van der Waals surface area contributed by atoms with Crippen molar-refractivity contribution >= 4 is 5.91 Å². The van der Waals surface area contributed by atoms with Crippen LogP contribution < -0.4 is 11.1 Å². The Hall–Kier alpha value is -2.21. The van der Waals surface area contributed by atoms with Gasteiger partial charge in [-0.2, -0.15) is 0 Å². The number of aryl methyl sites for hydroxylation is 1. The SMILES string of the molecule is CCc1nc(C(=O)NCc2ccc(CCN)cc2)n[nH]1. The Kier molecular flexibility index (Phi) is 4.84. The van der Waals surface area contributed by atoms with Crippen LogP contribution >= 0.6 is 0 Å². The van der Waals surface area contributed by atoms with E-state index in [0.717, 1.165) is 18.4 Å². The van der Waals surface area contributed by atoms with Crippen LogP contribution in [0.4, 0.5) is 0 Å². The van der Waals surface area contributed by atoms with Gasteiger partial charge in [-0.25, -0.2) is 4.98 Å². The number of amides is 1. The molecule has 20 heavy (non-hydrogen) atoms. The Balaban J connectivity index is 1.89. The van der Waals surface area contributed by atoms with Gasteiger partial charge in [0.05, 0.1) is 0 Å². The number of benzene rings is 1. The minimum Gasteiger partial charge on any atom is -0.345 e. The van der Waals surface area contributed by atoms with E-state index in [1.54, 1.807) is 0 Å². The van der Waals surface area contributed by atoms with Crippen molar-refractivity contribution in [2.75, 3.05) is 6.54 Å². The minimum absolute atomic E-state index is 0.182. The number of carbonyl (C=O) groups is 1. The van der Waals surface area contributed by atoms with E-state index in [1.165, 1.54) is 5.56 Å². The first kappa shape index (κ1) is 14.2. The van der Waals surface area contributed by atoms with Crippen molar-refractivity contribution < 1.29 is 4.79 Å². The molecule has 2 aromatic rings. The molecule has 0 saturated heterocycles. The summed E-state index contributed by atoms with van der Waals surface area (Å²) in [5.41, 5.74) is 7.73. The molecule has 0 fully saturated rings. The highest BCUT2D eigenvalue weighted by Crippen LogP contribution is 2.05. The van der Waals surface area contributed by atoms with Gasteiger partial charge < -0.3 is 11.1 Å². The predicted octanol–water partition coefficient (Wildman–Crippen LogP) is 0.798. The molecule has 4 N–H and O–H groups in total. The third-order valence-electron chi connectivity index (χ3n) is 2.98. The molecular formula is C14H19N5O. The number of hydrogen-bond donors (Lipinski definition) is 3. The molecule has 1 heterocycles. The molecule has 0 radical (unpaired) electrons. The maximum absolute atomic E-state index is 11.8. The number of aromatic nitrogens is 3. The quantitative estimate of drug-likeness (QED) is 0.725. The van der Waals surface area contributed by atoms with Crippen molar-refractivity contribution in [3.8, 4) is 0 Å². The van der Waals surface area contributed by atoms with Gasteiger partial charge >= 0.3 is 0 Å². The largest absolute Gasteiger partial charge is 0.345 e. The van der Waals surface area contributed by atoms with Gasteiger partial charge in [-0.05, 0) is 24.1 Å². The summed E-state index contributed by atoms with van der Waals surface area (Å²) >= 11 is 0. The molecule has 6 nitrogen and oxygen atoms in total. The Morgan fingerprint density at radius 2 is 2.00 bits per heavy atom. The zero-order valence-electron chi connectivity index (χ0n) is 11.5. The second-order valence-corrected chi connectivity index (χ2v) is 4.50. The van der Waals surface area contributed by atoms with Gasteiger partial charge in [0.2, 0.25) is 5.82 Å². The summed E-state index contributed by atoms with van der Waals surface area (Å²) in [5.74, 6) is 0.620. The molecule has 0 aliphatic rings. The Labute approximate surface area is 117 Å². The van der Waals surface area contributed by atoms with E-state index < -0.39 is 0 Å². The van der Waals surface area contributed by atoms with E-state index in [4.69, 9.17) is 5.73 Å². The minimum atomic E-state index is -0.271. The Morgan fingerprint density at radius 3 is 2.60 bits per heavy atom. The van der Waals surface area contributed by atoms with E-state index >= 15 is 0 Å². The van der Waals surface area contributed by atoms with Gasteiger partial charge in [0.1, 0.15) is 5.82 Å². The molecule has 0 bridgehead atoms. The van der Waals surface area contributed by atoms with Gasteiger partial charge in [-0.15, -0.1) is 5.10 Å². The predicted molar refractivity (Wildman–Crippen MR) is 76.1 cm³/mol. The van der Waals surface area contributed by atoms with Crippen LogP contribution in [0.2, 0.25) is 0 Å². The lowest BCUT2D eigenvalue weighted by Crippen LogP contribution is -2.24. The summed E-state index contributed by atoms with van der Waals surface area (Å²) in [6, 6.07) is 8.02. The summed E-state index contributed by atoms with van der Waals surface area (Å²) in [5, 5.41) is 9.39. The zero-order valence-corrected chi connectivity index (χ0v) is 11.5. The number of H-pyrrole nitrogens is 1. The second kappa shape index (κ2) is 6.81. The number of nitrogens with zero attached hydrogens (tertiary/aromatic N) is 2. The molecule has 0 atom stereocenters. The van der Waals surface area contributed by atoms with Crippen molar-refractivity contribution in [2.24, 2.45) is 5.73 Å². The Morgan fingerprint density at radius 1 is 1.30 bits per heavy atom. The molecule has 0 aliphatic carbocycles. The van der Waals surface area contributed by atoms with Crippen LogP contribution in [0.1, 0.15) is 34.5 Å². The number of carbonyl (C=O) groups excluding carboxylic acids is 1. The number of nitrogens with one attached hydrogen (secondary N) is 2. The normalized spacial score (nSPS) is 10.5. The number of hydrogen-bond acceptors (Lipinski definition) is 4. The molecule has 1 amide bonds. The van der Waals surface area contributed by atoms with Crippen LogP contribution in [0.5, 0.6) is 0 Å². The third kappa shape index (κ3) is 3.64. The van der Waals surface area contributed by atoms with Crippen LogP contribution in [0.25, 0.3) is 0 Å². The monoisotopic (exact) mass is 273 g/mol. The maximum Gasteiger partial charge on any atom is 0.291 e. The zero-order chi connectivity index (χ0) is 14.4. The van der Waals surface area contributed by atoms with Crippen LogP contribution in [0.3, 0.4) is 0 Å². The van der Waals surface area contributed by atoms with Gasteiger partial charge in [0.15, 0.2) is 0 Å². The van der Waals surface area contributed by atoms with Gasteiger partial charge in [0.25, 0.3) is 5.91 Å². The van der Waals surface area contributed by atoms with Crippen molar-refractivity contribution in [1.29, 1.82) is 0 Å².